The van der Waals surface area contributed by atoms with E-state index >= 15 is 0 Å². The maximum Gasteiger partial charge on any atom is 0.318 e. The van der Waals surface area contributed by atoms with E-state index in [9.17, 15) is 14.0 Å². The molecule has 1 N–H and O–H groups in total. The summed E-state index contributed by atoms with van der Waals surface area (Å²) in [6, 6.07) is 5.09. The van der Waals surface area contributed by atoms with Crippen molar-refractivity contribution < 1.29 is 14.0 Å². The number of nitrogens with one attached hydrogen (secondary N) is 1. The Hall–Kier alpha value is -2.11. The van der Waals surface area contributed by atoms with E-state index in [2.05, 4.69) is 5.32 Å². The fraction of sp³-hybridized carbons (Fsp3) is 0.500. The lowest BCUT2D eigenvalue weighted by Gasteiger charge is -2.40. The van der Waals surface area contributed by atoms with Gasteiger partial charge in [0.25, 0.3) is 0 Å². The van der Waals surface area contributed by atoms with E-state index in [1.54, 1.807) is 19.1 Å². The van der Waals surface area contributed by atoms with Crippen molar-refractivity contribution >= 4 is 17.6 Å². The summed E-state index contributed by atoms with van der Waals surface area (Å²) in [4.78, 5) is 27.8. The van der Waals surface area contributed by atoms with Crippen molar-refractivity contribution in [3.8, 4) is 0 Å². The van der Waals surface area contributed by atoms with Gasteiger partial charge in [-0.05, 0) is 45.9 Å². The normalized spacial score (nSPS) is 19.3. The number of urea groups is 1. The summed E-state index contributed by atoms with van der Waals surface area (Å²) in [6.45, 7) is 8.12. The number of amides is 3. The maximum atomic E-state index is 13.3. The second-order valence-electron chi connectivity index (χ2n) is 6.52. The molecular weight excluding hydrogens is 285 g/mol. The van der Waals surface area contributed by atoms with Crippen LogP contribution in [0.5, 0.6) is 0 Å². The van der Waals surface area contributed by atoms with Gasteiger partial charge in [-0.15, -0.1) is 0 Å². The van der Waals surface area contributed by atoms with Gasteiger partial charge < -0.3 is 15.1 Å². The van der Waals surface area contributed by atoms with Gasteiger partial charge >= 0.3 is 6.03 Å². The molecule has 0 saturated carbocycles. The predicted molar refractivity (Wildman–Crippen MR) is 83.2 cm³/mol. The van der Waals surface area contributed by atoms with Gasteiger partial charge in [0.1, 0.15) is 11.9 Å². The van der Waals surface area contributed by atoms with Crippen molar-refractivity contribution in [2.24, 2.45) is 0 Å². The molecular formula is C16H22FN3O2. The van der Waals surface area contributed by atoms with Crippen molar-refractivity contribution in [1.29, 1.82) is 0 Å². The van der Waals surface area contributed by atoms with Crippen LogP contribution in [-0.2, 0) is 4.79 Å². The van der Waals surface area contributed by atoms with Gasteiger partial charge in [0.2, 0.25) is 5.91 Å². The van der Waals surface area contributed by atoms with E-state index < -0.39 is 6.04 Å². The average Bonchev–Trinajstić information content (AvgIpc) is 2.39. The zero-order valence-electron chi connectivity index (χ0n) is 13.4. The average molecular weight is 307 g/mol. The van der Waals surface area contributed by atoms with Crippen molar-refractivity contribution in [3.63, 3.8) is 0 Å². The Bertz CT molecular complexity index is 583. The van der Waals surface area contributed by atoms with Gasteiger partial charge in [0.15, 0.2) is 0 Å². The molecule has 1 aromatic carbocycles. The fourth-order valence-electron chi connectivity index (χ4n) is 2.44. The Morgan fingerprint density at radius 2 is 2.00 bits per heavy atom. The minimum Gasteiger partial charge on any atom is -0.333 e. The highest BCUT2D eigenvalue weighted by Crippen LogP contribution is 2.21. The number of hydrogen-bond donors (Lipinski definition) is 1. The largest absolute Gasteiger partial charge is 0.333 e. The Balaban J connectivity index is 2.13. The van der Waals surface area contributed by atoms with E-state index in [0.717, 1.165) is 0 Å². The third-order valence-electron chi connectivity index (χ3n) is 3.52. The summed E-state index contributed by atoms with van der Waals surface area (Å²) >= 11 is 0. The Kier molecular flexibility index (Phi) is 4.39. The lowest BCUT2D eigenvalue weighted by molar-refractivity contribution is -0.124. The van der Waals surface area contributed by atoms with Crippen LogP contribution in [0, 0.1) is 5.82 Å². The number of nitrogens with zero attached hydrogens (tertiary/aromatic N) is 2. The van der Waals surface area contributed by atoms with Crippen LogP contribution in [-0.4, -0.2) is 41.5 Å². The first kappa shape index (κ1) is 16.3. The molecule has 22 heavy (non-hydrogen) atoms. The number of piperazine rings is 1. The second kappa shape index (κ2) is 5.94. The van der Waals surface area contributed by atoms with Crippen molar-refractivity contribution in [1.82, 2.24) is 10.2 Å². The minimum absolute atomic E-state index is 0.207. The summed E-state index contributed by atoms with van der Waals surface area (Å²) in [5, 5.41) is 2.86. The maximum absolute atomic E-state index is 13.3. The number of benzene rings is 1. The highest BCUT2D eigenvalue weighted by Gasteiger charge is 2.35. The molecule has 0 unspecified atom stereocenters. The van der Waals surface area contributed by atoms with Crippen LogP contribution < -0.4 is 10.2 Å². The third kappa shape index (κ3) is 3.55. The summed E-state index contributed by atoms with van der Waals surface area (Å²) in [5.74, 6) is -0.591. The van der Waals surface area contributed by atoms with E-state index in [-0.39, 0.29) is 23.3 Å². The summed E-state index contributed by atoms with van der Waals surface area (Å²) in [5.41, 5.74) is 0.159. The Morgan fingerprint density at radius 3 is 2.59 bits per heavy atom. The SMILES string of the molecule is C[C@@H]1C(=O)N(c2cccc(F)c2)CCN1C(=O)NC(C)(C)C. The number of hydrogen-bond acceptors (Lipinski definition) is 2. The molecule has 120 valence electrons. The topological polar surface area (TPSA) is 52.7 Å². The van der Waals surface area contributed by atoms with Crippen LogP contribution in [0.2, 0.25) is 0 Å². The summed E-state index contributed by atoms with van der Waals surface area (Å²) < 4.78 is 13.3. The summed E-state index contributed by atoms with van der Waals surface area (Å²) in [6.07, 6.45) is 0. The van der Waals surface area contributed by atoms with Gasteiger partial charge in [-0.2, -0.15) is 0 Å². The van der Waals surface area contributed by atoms with Crippen LogP contribution in [0.1, 0.15) is 27.7 Å². The van der Waals surface area contributed by atoms with Gasteiger partial charge in [-0.25, -0.2) is 9.18 Å². The molecule has 6 heteroatoms. The van der Waals surface area contributed by atoms with Gasteiger partial charge in [0, 0.05) is 24.3 Å². The lowest BCUT2D eigenvalue weighted by Crippen LogP contribution is -2.61. The van der Waals surface area contributed by atoms with E-state index in [1.165, 1.54) is 21.9 Å². The van der Waals surface area contributed by atoms with Gasteiger partial charge in [-0.3, -0.25) is 4.79 Å². The molecule has 0 aromatic heterocycles. The number of rotatable bonds is 1. The second-order valence-corrected chi connectivity index (χ2v) is 6.52. The van der Waals surface area contributed by atoms with Gasteiger partial charge in [0.05, 0.1) is 0 Å². The monoisotopic (exact) mass is 307 g/mol. The van der Waals surface area contributed by atoms with Gasteiger partial charge in [-0.1, -0.05) is 6.07 Å². The van der Waals surface area contributed by atoms with Crippen molar-refractivity contribution in [2.75, 3.05) is 18.0 Å². The van der Waals surface area contributed by atoms with Crippen LogP contribution >= 0.6 is 0 Å². The highest BCUT2D eigenvalue weighted by molar-refractivity contribution is 6.00. The van der Waals surface area contributed by atoms with E-state index in [1.807, 2.05) is 20.8 Å². The number of halogens is 1. The molecule has 1 aliphatic rings. The molecule has 1 aromatic rings. The molecule has 0 radical (unpaired) electrons. The molecule has 5 nitrogen and oxygen atoms in total. The first-order valence-corrected chi connectivity index (χ1v) is 7.35. The van der Waals surface area contributed by atoms with Crippen LogP contribution in [0.4, 0.5) is 14.9 Å². The van der Waals surface area contributed by atoms with E-state index in [0.29, 0.717) is 18.8 Å². The molecule has 1 fully saturated rings. The fourth-order valence-corrected chi connectivity index (χ4v) is 2.44. The molecule has 3 amide bonds. The zero-order valence-corrected chi connectivity index (χ0v) is 13.4. The zero-order chi connectivity index (χ0) is 16.5. The quantitative estimate of drug-likeness (QED) is 0.866. The standard InChI is InChI=1S/C16H22FN3O2/c1-11-14(21)20(13-7-5-6-12(17)10-13)9-8-19(11)15(22)18-16(2,3)4/h5-7,10-11H,8-9H2,1-4H3,(H,18,22)/t11-/m1/s1. The van der Waals surface area contributed by atoms with Crippen LogP contribution in [0.3, 0.4) is 0 Å². The molecule has 1 saturated heterocycles. The molecule has 0 aliphatic carbocycles. The molecule has 0 bridgehead atoms. The lowest BCUT2D eigenvalue weighted by atomic mass is 10.1. The predicted octanol–water partition coefficient (Wildman–Crippen LogP) is 2.37. The van der Waals surface area contributed by atoms with Crippen molar-refractivity contribution in [2.45, 2.75) is 39.3 Å². The van der Waals surface area contributed by atoms with E-state index in [4.69, 9.17) is 0 Å². The molecule has 1 heterocycles. The molecule has 0 spiro atoms. The number of carbonyl (C=O) groups excluding carboxylic acids is 2. The first-order valence-electron chi connectivity index (χ1n) is 7.35. The Labute approximate surface area is 130 Å². The molecule has 1 atom stereocenters. The van der Waals surface area contributed by atoms with Crippen molar-refractivity contribution in [3.05, 3.63) is 30.1 Å². The first-order chi connectivity index (χ1) is 10.2. The minimum atomic E-state index is -0.584. The smallest absolute Gasteiger partial charge is 0.318 e. The highest BCUT2D eigenvalue weighted by atomic mass is 19.1. The van der Waals surface area contributed by atoms with Crippen LogP contribution in [0.25, 0.3) is 0 Å². The molecule has 2 rings (SSSR count). The Morgan fingerprint density at radius 1 is 1.32 bits per heavy atom. The third-order valence-corrected chi connectivity index (χ3v) is 3.52. The molecule has 1 aliphatic heterocycles. The number of carbonyl (C=O) groups is 2. The van der Waals surface area contributed by atoms with Crippen LogP contribution in [0.15, 0.2) is 24.3 Å². The number of anilines is 1. The summed E-state index contributed by atoms with van der Waals surface area (Å²) in [7, 11) is 0.